The minimum atomic E-state index is -0.115. The van der Waals surface area contributed by atoms with Crippen LogP contribution in [0.2, 0.25) is 0 Å². The average Bonchev–Trinajstić information content (AvgIpc) is 3.60. The molecule has 0 spiro atoms. The fraction of sp³-hybridized carbons (Fsp3) is 0.231. The van der Waals surface area contributed by atoms with Crippen molar-refractivity contribution in [3.05, 3.63) is 150 Å². The van der Waals surface area contributed by atoms with E-state index in [1.807, 2.05) is 42.6 Å². The van der Waals surface area contributed by atoms with Gasteiger partial charge >= 0.3 is 0 Å². The van der Waals surface area contributed by atoms with Gasteiger partial charge in [-0.05, 0) is 85.5 Å². The van der Waals surface area contributed by atoms with Crippen molar-refractivity contribution in [2.45, 2.75) is 78.6 Å². The molecule has 8 aromatic rings. The smallest absolute Gasteiger partial charge is 0.230 e. The van der Waals surface area contributed by atoms with Gasteiger partial charge in [-0.25, -0.2) is 4.98 Å². The quantitative estimate of drug-likeness (QED) is 0.175. The molecule has 0 bridgehead atoms. The first-order valence-electron chi connectivity index (χ1n) is 19.5. The number of fused-ring (bicyclic) bond motifs is 2. The maximum atomic E-state index is 11.1. The molecular formula is C52H49N2O2Pt-. The molecule has 0 aliphatic carbocycles. The van der Waals surface area contributed by atoms with E-state index in [2.05, 4.69) is 147 Å². The molecule has 5 heteroatoms. The number of phenols is 1. The monoisotopic (exact) mass is 928 g/mol. The molecule has 2 heterocycles. The molecule has 57 heavy (non-hydrogen) atoms. The van der Waals surface area contributed by atoms with Crippen molar-refractivity contribution in [1.29, 1.82) is 0 Å². The second-order valence-corrected chi connectivity index (χ2v) is 18.1. The van der Waals surface area contributed by atoms with Crippen LogP contribution in [0.15, 0.2) is 132 Å². The van der Waals surface area contributed by atoms with Crippen LogP contribution in [0.1, 0.15) is 79.0 Å². The minimum Gasteiger partial charge on any atom is -0.507 e. The van der Waals surface area contributed by atoms with Crippen LogP contribution in [-0.2, 0) is 37.3 Å². The van der Waals surface area contributed by atoms with Gasteiger partial charge < -0.3 is 9.52 Å². The third-order valence-electron chi connectivity index (χ3n) is 10.8. The number of rotatable bonds is 5. The van der Waals surface area contributed by atoms with Gasteiger partial charge in [-0.2, -0.15) is 0 Å². The summed E-state index contributed by atoms with van der Waals surface area (Å²) in [4.78, 5) is 10.1. The van der Waals surface area contributed by atoms with E-state index in [4.69, 9.17) is 14.4 Å². The van der Waals surface area contributed by atoms with E-state index in [9.17, 15) is 5.11 Å². The zero-order chi connectivity index (χ0) is 39.6. The molecule has 8 rings (SSSR count). The molecule has 2 aromatic heterocycles. The topological polar surface area (TPSA) is 59.2 Å². The third kappa shape index (κ3) is 7.85. The first-order chi connectivity index (χ1) is 26.5. The number of hydrogen-bond donors (Lipinski definition) is 1. The van der Waals surface area contributed by atoms with E-state index in [1.54, 1.807) is 6.07 Å². The first kappa shape index (κ1) is 39.9. The minimum absolute atomic E-state index is 0. The molecule has 0 atom stereocenters. The Balaban J connectivity index is 0.00000496. The number of aromatic hydroxyl groups is 1. The summed E-state index contributed by atoms with van der Waals surface area (Å²) in [5, 5.41) is 12.2. The zero-order valence-electron chi connectivity index (χ0n) is 34.2. The van der Waals surface area contributed by atoms with Crippen molar-refractivity contribution in [3.8, 4) is 61.7 Å². The fourth-order valence-corrected chi connectivity index (χ4v) is 7.40. The Morgan fingerprint density at radius 1 is 0.509 bits per heavy atom. The number of pyridine rings is 1. The largest absolute Gasteiger partial charge is 0.507 e. The normalized spacial score (nSPS) is 12.2. The molecule has 0 fully saturated rings. The molecule has 0 unspecified atom stereocenters. The maximum absolute atomic E-state index is 11.1. The van der Waals surface area contributed by atoms with Crippen LogP contribution in [-0.4, -0.2) is 15.1 Å². The van der Waals surface area contributed by atoms with Crippen LogP contribution < -0.4 is 0 Å². The van der Waals surface area contributed by atoms with Crippen molar-refractivity contribution in [1.82, 2.24) is 9.97 Å². The number of aromatic nitrogens is 2. The molecule has 0 amide bonds. The van der Waals surface area contributed by atoms with Crippen LogP contribution in [0.3, 0.4) is 0 Å². The number of hydrogen-bond acceptors (Lipinski definition) is 4. The summed E-state index contributed by atoms with van der Waals surface area (Å²) in [6, 6.07) is 46.0. The number of benzene rings is 6. The molecule has 0 saturated heterocycles. The van der Waals surface area contributed by atoms with Crippen molar-refractivity contribution < 1.29 is 30.6 Å². The van der Waals surface area contributed by atoms with Crippen molar-refractivity contribution in [3.63, 3.8) is 0 Å². The van der Waals surface area contributed by atoms with E-state index in [1.165, 1.54) is 16.7 Å². The van der Waals surface area contributed by atoms with Crippen LogP contribution in [0.5, 0.6) is 5.75 Å². The number of phenolic OH excluding ortho intramolecular Hbond substituents is 1. The summed E-state index contributed by atoms with van der Waals surface area (Å²) >= 11 is 0. The number of oxazole rings is 1. The van der Waals surface area contributed by atoms with Gasteiger partial charge in [0.2, 0.25) is 5.89 Å². The van der Waals surface area contributed by atoms with Gasteiger partial charge in [-0.1, -0.05) is 146 Å². The molecule has 0 aliphatic heterocycles. The van der Waals surface area contributed by atoms with Crippen LogP contribution in [0.4, 0.5) is 0 Å². The van der Waals surface area contributed by atoms with E-state index in [0.717, 1.165) is 55.4 Å². The van der Waals surface area contributed by atoms with E-state index >= 15 is 0 Å². The number of nitrogens with zero attached hydrogens (tertiary/aromatic N) is 2. The Morgan fingerprint density at radius 3 is 1.77 bits per heavy atom. The van der Waals surface area contributed by atoms with Crippen molar-refractivity contribution in [2.24, 2.45) is 0 Å². The van der Waals surface area contributed by atoms with Gasteiger partial charge in [0.25, 0.3) is 0 Å². The molecule has 0 aliphatic rings. The van der Waals surface area contributed by atoms with E-state index < -0.39 is 0 Å². The first-order valence-corrected chi connectivity index (χ1v) is 19.5. The third-order valence-corrected chi connectivity index (χ3v) is 10.8. The van der Waals surface area contributed by atoms with E-state index in [-0.39, 0.29) is 43.1 Å². The molecule has 6 aromatic carbocycles. The second kappa shape index (κ2) is 14.9. The summed E-state index contributed by atoms with van der Waals surface area (Å²) in [5.74, 6) is 0.507. The van der Waals surface area contributed by atoms with Gasteiger partial charge in [-0.3, -0.25) is 4.98 Å². The molecule has 4 nitrogen and oxygen atoms in total. The summed E-state index contributed by atoms with van der Waals surface area (Å²) in [5.41, 5.74) is 14.5. The summed E-state index contributed by atoms with van der Waals surface area (Å²) in [6.45, 7) is 20.0. The fourth-order valence-electron chi connectivity index (χ4n) is 7.40. The summed E-state index contributed by atoms with van der Waals surface area (Å²) in [6.07, 6.45) is 1.92. The predicted molar refractivity (Wildman–Crippen MR) is 233 cm³/mol. The Bertz CT molecular complexity index is 2740. The predicted octanol–water partition coefficient (Wildman–Crippen LogP) is 14.1. The van der Waals surface area contributed by atoms with Crippen LogP contribution in [0.25, 0.3) is 78.0 Å². The average molecular weight is 929 g/mol. The molecular weight excluding hydrogens is 880 g/mol. The molecule has 1 N–H and O–H groups in total. The van der Waals surface area contributed by atoms with Gasteiger partial charge in [0.1, 0.15) is 11.3 Å². The molecule has 0 radical (unpaired) electrons. The van der Waals surface area contributed by atoms with Crippen LogP contribution >= 0.6 is 0 Å². The Kier molecular flexibility index (Phi) is 10.4. The van der Waals surface area contributed by atoms with Gasteiger partial charge in [0.15, 0.2) is 0 Å². The Morgan fingerprint density at radius 2 is 1.12 bits per heavy atom. The summed E-state index contributed by atoms with van der Waals surface area (Å²) < 4.78 is 6.54. The maximum Gasteiger partial charge on any atom is 0.230 e. The van der Waals surface area contributed by atoms with Gasteiger partial charge in [0.05, 0.1) is 11.1 Å². The Labute approximate surface area is 351 Å². The summed E-state index contributed by atoms with van der Waals surface area (Å²) in [7, 11) is 0. The zero-order valence-corrected chi connectivity index (χ0v) is 36.5. The van der Waals surface area contributed by atoms with Crippen molar-refractivity contribution in [2.75, 3.05) is 0 Å². The van der Waals surface area contributed by atoms with Gasteiger partial charge in [-0.15, -0.1) is 35.4 Å². The van der Waals surface area contributed by atoms with Crippen molar-refractivity contribution >= 4 is 22.0 Å². The molecule has 290 valence electrons. The van der Waals surface area contributed by atoms with Crippen LogP contribution in [0, 0.1) is 6.07 Å². The van der Waals surface area contributed by atoms with E-state index in [0.29, 0.717) is 22.6 Å². The Hall–Kier alpha value is -5.31. The molecule has 0 saturated carbocycles. The SMILES string of the molecule is CC(C)(C)c1ccc(-c2ccnc3c(-c4[c-]c(-c5cc(-c6ccccc6)cc6oc(-c7cc(C(C)(C)C)ccc7O)nc56)ccc4)cc(C(C)(C)C)cc23)cc1.[Pt]. The standard InChI is InChI=1S/C52H49N2O2.Pt/c1-50(2,3)37-20-18-33(19-21-37)40-24-25-53-47-42(30-39(31-43(40)47)52(7,8)9)35-17-13-16-34(26-35)41-27-36(32-14-11-10-12-15-32)28-46-48(41)54-49(56-46)44-29-38(51(4,5)6)22-23-45(44)55;/h10-25,27-31,55H,1-9H3;/q-1;. The van der Waals surface area contributed by atoms with Gasteiger partial charge in [0, 0.05) is 38.2 Å². The second-order valence-electron chi connectivity index (χ2n) is 18.1.